The predicted molar refractivity (Wildman–Crippen MR) is 21.9 cm³/mol. The van der Waals surface area contributed by atoms with Gasteiger partial charge >= 0.3 is 11.5 Å². The van der Waals surface area contributed by atoms with E-state index in [4.69, 9.17) is 0 Å². The first-order valence-corrected chi connectivity index (χ1v) is 1.67. The summed E-state index contributed by atoms with van der Waals surface area (Å²) >= 11 is 4.51. The molecular weight excluding hydrogens is 121 g/mol. The maximum absolute atomic E-state index is 9.50. The van der Waals surface area contributed by atoms with Gasteiger partial charge in [-0.25, -0.2) is 9.59 Å². The van der Waals surface area contributed by atoms with Crippen LogP contribution < -0.4 is 5.73 Å². The molecule has 2 N–H and O–H groups in total. The van der Waals surface area contributed by atoms with Crippen molar-refractivity contribution in [3.63, 3.8) is 0 Å². The highest BCUT2D eigenvalue weighted by atomic mass is 35.5. The number of amides is 1. The van der Waals surface area contributed by atoms with Gasteiger partial charge < -0.3 is 10.5 Å². The van der Waals surface area contributed by atoms with Gasteiger partial charge in [0.15, 0.2) is 0 Å². The Bertz CT molecular complexity index is 89.1. The Balaban J connectivity index is 3.32. The molecule has 0 saturated carbocycles. The molecule has 0 aliphatic carbocycles. The molecular formula is C2H2ClNO3. The van der Waals surface area contributed by atoms with Crippen molar-refractivity contribution in [2.45, 2.75) is 0 Å². The van der Waals surface area contributed by atoms with E-state index < -0.39 is 11.5 Å². The third-order valence-corrected chi connectivity index (χ3v) is 0.258. The third kappa shape index (κ3) is 5.23. The Morgan fingerprint density at radius 2 is 2.00 bits per heavy atom. The SMILES string of the molecule is NC(=O)OC(=O)Cl. The van der Waals surface area contributed by atoms with Gasteiger partial charge in [0.25, 0.3) is 0 Å². The van der Waals surface area contributed by atoms with Crippen molar-refractivity contribution in [2.75, 3.05) is 0 Å². The molecule has 0 fully saturated rings. The molecule has 0 atom stereocenters. The van der Waals surface area contributed by atoms with Gasteiger partial charge in [-0.3, -0.25) is 0 Å². The van der Waals surface area contributed by atoms with Crippen molar-refractivity contribution in [3.05, 3.63) is 0 Å². The van der Waals surface area contributed by atoms with E-state index in [9.17, 15) is 9.59 Å². The van der Waals surface area contributed by atoms with Crippen LogP contribution in [-0.4, -0.2) is 11.5 Å². The number of hydrogen-bond acceptors (Lipinski definition) is 3. The second-order valence-corrected chi connectivity index (χ2v) is 0.967. The zero-order chi connectivity index (χ0) is 5.86. The van der Waals surface area contributed by atoms with Crippen molar-refractivity contribution in [1.29, 1.82) is 0 Å². The standard InChI is InChI=1S/C2H2ClNO3/c3-1(5)7-2(4)6/h(H2,4,6). The van der Waals surface area contributed by atoms with E-state index in [1.807, 2.05) is 0 Å². The molecule has 0 aromatic heterocycles. The largest absolute Gasteiger partial charge is 0.413 e. The van der Waals surface area contributed by atoms with Crippen LogP contribution in [0.2, 0.25) is 0 Å². The van der Waals surface area contributed by atoms with Crippen LogP contribution in [0.5, 0.6) is 0 Å². The molecule has 7 heavy (non-hydrogen) atoms. The van der Waals surface area contributed by atoms with Crippen LogP contribution >= 0.6 is 11.6 Å². The first kappa shape index (κ1) is 6.23. The second-order valence-electron chi connectivity index (χ2n) is 0.659. The van der Waals surface area contributed by atoms with Crippen molar-refractivity contribution in [1.82, 2.24) is 0 Å². The van der Waals surface area contributed by atoms with E-state index >= 15 is 0 Å². The lowest BCUT2D eigenvalue weighted by atomic mass is 11.2. The summed E-state index contributed by atoms with van der Waals surface area (Å²) in [6.45, 7) is 0. The second kappa shape index (κ2) is 2.41. The molecule has 0 unspecified atom stereocenters. The maximum atomic E-state index is 9.50. The van der Waals surface area contributed by atoms with Crippen LogP contribution in [0.3, 0.4) is 0 Å². The fourth-order valence-corrected chi connectivity index (χ4v) is 0.155. The minimum absolute atomic E-state index is 1.19. The maximum Gasteiger partial charge on any atom is 0.413 e. The van der Waals surface area contributed by atoms with E-state index in [2.05, 4.69) is 22.1 Å². The lowest BCUT2D eigenvalue weighted by Crippen LogP contribution is -2.13. The zero-order valence-electron chi connectivity index (χ0n) is 3.18. The number of rotatable bonds is 0. The Morgan fingerprint density at radius 3 is 2.00 bits per heavy atom. The molecule has 5 heteroatoms. The van der Waals surface area contributed by atoms with Crippen molar-refractivity contribution in [2.24, 2.45) is 5.73 Å². The summed E-state index contributed by atoms with van der Waals surface area (Å²) in [4.78, 5) is 19.0. The van der Waals surface area contributed by atoms with Crippen molar-refractivity contribution in [3.8, 4) is 0 Å². The van der Waals surface area contributed by atoms with Crippen LogP contribution in [0.15, 0.2) is 0 Å². The smallest absolute Gasteiger partial charge is 0.364 e. The van der Waals surface area contributed by atoms with Gasteiger partial charge in [-0.1, -0.05) is 0 Å². The molecule has 0 bridgehead atoms. The van der Waals surface area contributed by atoms with Gasteiger partial charge in [0.05, 0.1) is 0 Å². The average molecular weight is 123 g/mol. The summed E-state index contributed by atoms with van der Waals surface area (Å²) in [5.41, 5.74) is 3.11. The summed E-state index contributed by atoms with van der Waals surface area (Å²) in [6.07, 6.45) is -1.19. The number of ether oxygens (including phenoxy) is 1. The Labute approximate surface area is 44.2 Å². The van der Waals surface area contributed by atoms with Crippen LogP contribution in [0.1, 0.15) is 0 Å². The number of hydrogen-bond donors (Lipinski definition) is 1. The minimum atomic E-state index is -1.22. The highest BCUT2D eigenvalue weighted by Crippen LogP contribution is 1.83. The molecule has 0 aliphatic heterocycles. The van der Waals surface area contributed by atoms with E-state index in [0.717, 1.165) is 0 Å². The van der Waals surface area contributed by atoms with Gasteiger partial charge in [-0.15, -0.1) is 0 Å². The molecule has 0 spiro atoms. The Morgan fingerprint density at radius 1 is 1.57 bits per heavy atom. The van der Waals surface area contributed by atoms with Crippen LogP contribution in [0, 0.1) is 0 Å². The Kier molecular flexibility index (Phi) is 2.15. The normalized spacial score (nSPS) is 7.57. The lowest BCUT2D eigenvalue weighted by Gasteiger charge is -1.85. The van der Waals surface area contributed by atoms with E-state index in [-0.39, 0.29) is 0 Å². The van der Waals surface area contributed by atoms with Gasteiger partial charge in [-0.2, -0.15) is 0 Å². The third-order valence-electron chi connectivity index (χ3n) is 0.181. The molecule has 1 amide bonds. The van der Waals surface area contributed by atoms with Gasteiger partial charge in [0, 0.05) is 11.6 Å². The summed E-state index contributed by atoms with van der Waals surface area (Å²) < 4.78 is 3.52. The molecule has 0 rings (SSSR count). The van der Waals surface area contributed by atoms with Gasteiger partial charge in [0.2, 0.25) is 0 Å². The number of nitrogens with two attached hydrogens (primary N) is 1. The van der Waals surface area contributed by atoms with Gasteiger partial charge in [-0.05, 0) is 0 Å². The number of halogens is 1. The summed E-state index contributed by atoms with van der Waals surface area (Å²) in [5, 5.41) is 0. The molecule has 4 nitrogen and oxygen atoms in total. The molecule has 0 aromatic carbocycles. The molecule has 0 radical (unpaired) electrons. The van der Waals surface area contributed by atoms with E-state index in [0.29, 0.717) is 0 Å². The summed E-state index contributed by atoms with van der Waals surface area (Å²) in [7, 11) is 0. The first-order valence-electron chi connectivity index (χ1n) is 1.29. The summed E-state index contributed by atoms with van der Waals surface area (Å²) in [6, 6.07) is 0. The minimum Gasteiger partial charge on any atom is -0.364 e. The Hall–Kier alpha value is -0.770. The fraction of sp³-hybridized carbons (Fsp3) is 0. The predicted octanol–water partition coefficient (Wildman–Crippen LogP) is 0.441. The highest BCUT2D eigenvalue weighted by Gasteiger charge is 1.97. The zero-order valence-corrected chi connectivity index (χ0v) is 3.94. The summed E-state index contributed by atoms with van der Waals surface area (Å²) in [5.74, 6) is 0. The highest BCUT2D eigenvalue weighted by molar-refractivity contribution is 6.61. The fourth-order valence-electron chi connectivity index (χ4n) is 0.0791. The van der Waals surface area contributed by atoms with Crippen LogP contribution in [0.25, 0.3) is 0 Å². The number of carbonyl (C=O) groups excluding carboxylic acids is 2. The molecule has 0 saturated heterocycles. The van der Waals surface area contributed by atoms with Gasteiger partial charge in [0.1, 0.15) is 0 Å². The van der Waals surface area contributed by atoms with Crippen molar-refractivity contribution < 1.29 is 14.3 Å². The molecule has 0 heterocycles. The number of primary amides is 1. The lowest BCUT2D eigenvalue weighted by molar-refractivity contribution is 0.174. The first-order chi connectivity index (χ1) is 3.13. The average Bonchev–Trinajstić information content (AvgIpc) is 1.27. The van der Waals surface area contributed by atoms with Crippen molar-refractivity contribution >= 4 is 23.1 Å². The number of carbonyl (C=O) groups is 2. The molecule has 0 aromatic rings. The monoisotopic (exact) mass is 123 g/mol. The molecule has 40 valence electrons. The molecule has 0 aliphatic rings. The van der Waals surface area contributed by atoms with Crippen LogP contribution in [0.4, 0.5) is 9.59 Å². The van der Waals surface area contributed by atoms with E-state index in [1.165, 1.54) is 0 Å². The quantitative estimate of drug-likeness (QED) is 0.375. The van der Waals surface area contributed by atoms with E-state index in [1.54, 1.807) is 0 Å². The topological polar surface area (TPSA) is 69.4 Å². The van der Waals surface area contributed by atoms with Crippen LogP contribution in [-0.2, 0) is 4.74 Å².